The maximum absolute atomic E-state index is 12.8. The molecule has 0 aliphatic heterocycles. The number of hydrogen-bond donors (Lipinski definition) is 2. The van der Waals surface area contributed by atoms with Crippen molar-refractivity contribution in [2.24, 2.45) is 0 Å². The molecule has 1 aromatic heterocycles. The summed E-state index contributed by atoms with van der Waals surface area (Å²) in [7, 11) is 0. The molecule has 92 valence electrons. The minimum absolute atomic E-state index is 0.153. The van der Waals surface area contributed by atoms with E-state index in [1.54, 1.807) is 12.1 Å². The molecule has 2 rings (SSSR count). The number of pyridine rings is 1. The van der Waals surface area contributed by atoms with Gasteiger partial charge in [-0.05, 0) is 29.3 Å². The van der Waals surface area contributed by atoms with Gasteiger partial charge in [-0.25, -0.2) is 9.37 Å². The number of hydrogen-bond acceptors (Lipinski definition) is 3. The van der Waals surface area contributed by atoms with Crippen molar-refractivity contribution in [2.45, 2.75) is 6.42 Å². The summed E-state index contributed by atoms with van der Waals surface area (Å²) in [5, 5.41) is 8.85. The molecular formula is C13H11FN2O2. The van der Waals surface area contributed by atoms with Gasteiger partial charge in [-0.15, -0.1) is 0 Å². The van der Waals surface area contributed by atoms with Crippen LogP contribution in [0.15, 0.2) is 36.5 Å². The number of nitrogens with zero attached hydrogens (tertiary/aromatic N) is 1. The Morgan fingerprint density at radius 3 is 2.61 bits per heavy atom. The second-order valence-corrected chi connectivity index (χ2v) is 3.84. The van der Waals surface area contributed by atoms with Crippen LogP contribution in [0.2, 0.25) is 0 Å². The number of carbonyl (C=O) groups is 1. The minimum Gasteiger partial charge on any atom is -0.481 e. The van der Waals surface area contributed by atoms with Gasteiger partial charge in [-0.3, -0.25) is 4.79 Å². The van der Waals surface area contributed by atoms with E-state index >= 15 is 0 Å². The summed E-state index contributed by atoms with van der Waals surface area (Å²) < 4.78 is 12.8. The monoisotopic (exact) mass is 246 g/mol. The van der Waals surface area contributed by atoms with Crippen LogP contribution in [0.25, 0.3) is 11.1 Å². The molecule has 4 nitrogen and oxygen atoms in total. The van der Waals surface area contributed by atoms with E-state index in [2.05, 4.69) is 4.98 Å². The van der Waals surface area contributed by atoms with Crippen LogP contribution in [0, 0.1) is 5.82 Å². The maximum atomic E-state index is 12.8. The topological polar surface area (TPSA) is 76.2 Å². The fraction of sp³-hybridized carbons (Fsp3) is 0.0769. The molecule has 0 saturated carbocycles. The Morgan fingerprint density at radius 2 is 2.00 bits per heavy atom. The second-order valence-electron chi connectivity index (χ2n) is 3.84. The van der Waals surface area contributed by atoms with Gasteiger partial charge in [0.25, 0.3) is 0 Å². The zero-order valence-electron chi connectivity index (χ0n) is 9.43. The zero-order valence-corrected chi connectivity index (χ0v) is 9.43. The van der Waals surface area contributed by atoms with E-state index in [4.69, 9.17) is 10.8 Å². The first-order valence-electron chi connectivity index (χ1n) is 5.28. The van der Waals surface area contributed by atoms with Crippen molar-refractivity contribution >= 4 is 11.8 Å². The molecule has 0 atom stereocenters. The van der Waals surface area contributed by atoms with Crippen LogP contribution in [-0.2, 0) is 11.2 Å². The molecule has 0 saturated heterocycles. The van der Waals surface area contributed by atoms with Gasteiger partial charge in [0.15, 0.2) is 0 Å². The minimum atomic E-state index is -0.955. The van der Waals surface area contributed by atoms with E-state index in [1.165, 1.54) is 24.4 Å². The fourth-order valence-corrected chi connectivity index (χ4v) is 1.71. The van der Waals surface area contributed by atoms with Crippen LogP contribution in [0.1, 0.15) is 5.56 Å². The molecule has 0 aliphatic rings. The van der Waals surface area contributed by atoms with E-state index in [9.17, 15) is 9.18 Å². The molecule has 3 N–H and O–H groups in total. The molecule has 0 radical (unpaired) electrons. The number of rotatable bonds is 3. The Kier molecular flexibility index (Phi) is 3.23. The van der Waals surface area contributed by atoms with Gasteiger partial charge in [-0.2, -0.15) is 0 Å². The second kappa shape index (κ2) is 4.83. The predicted octanol–water partition coefficient (Wildman–Crippen LogP) is 2.10. The number of aromatic nitrogens is 1. The highest BCUT2D eigenvalue weighted by Gasteiger charge is 2.10. The maximum Gasteiger partial charge on any atom is 0.307 e. The van der Waals surface area contributed by atoms with Crippen molar-refractivity contribution in [2.75, 3.05) is 5.73 Å². The Hall–Kier alpha value is -2.43. The fourth-order valence-electron chi connectivity index (χ4n) is 1.71. The summed E-state index contributed by atoms with van der Waals surface area (Å²) in [6.45, 7) is 0. The molecule has 5 heteroatoms. The van der Waals surface area contributed by atoms with Crippen LogP contribution >= 0.6 is 0 Å². The average molecular weight is 246 g/mol. The lowest BCUT2D eigenvalue weighted by Crippen LogP contribution is -2.04. The summed E-state index contributed by atoms with van der Waals surface area (Å²) in [6.07, 6.45) is 1.35. The van der Waals surface area contributed by atoms with Crippen molar-refractivity contribution < 1.29 is 14.3 Å². The first-order chi connectivity index (χ1) is 8.56. The van der Waals surface area contributed by atoms with E-state index in [0.717, 1.165) is 0 Å². The highest BCUT2D eigenvalue weighted by atomic mass is 19.1. The third-order valence-electron chi connectivity index (χ3n) is 2.51. The Bertz CT molecular complexity index is 582. The smallest absolute Gasteiger partial charge is 0.307 e. The lowest BCUT2D eigenvalue weighted by Gasteiger charge is -2.08. The zero-order chi connectivity index (χ0) is 13.1. The first-order valence-corrected chi connectivity index (χ1v) is 5.28. The Balaban J connectivity index is 2.49. The average Bonchev–Trinajstić information content (AvgIpc) is 2.30. The quantitative estimate of drug-likeness (QED) is 0.869. The molecular weight excluding hydrogens is 235 g/mol. The number of benzene rings is 1. The van der Waals surface area contributed by atoms with Crippen LogP contribution in [0.5, 0.6) is 0 Å². The Morgan fingerprint density at radius 1 is 1.33 bits per heavy atom. The number of nitrogens with two attached hydrogens (primary N) is 1. The predicted molar refractivity (Wildman–Crippen MR) is 65.4 cm³/mol. The molecule has 0 unspecified atom stereocenters. The highest BCUT2D eigenvalue weighted by molar-refractivity contribution is 5.77. The third kappa shape index (κ3) is 2.63. The largest absolute Gasteiger partial charge is 0.481 e. The standard InChI is InChI=1S/C13H11FN2O2/c14-10-3-1-8(2-4-10)11-7-16-12(15)5-9(11)6-13(17)18/h1-5,7H,6H2,(H2,15,16)(H,17,18). The van der Waals surface area contributed by atoms with Crippen LogP contribution in [-0.4, -0.2) is 16.1 Å². The molecule has 0 amide bonds. The molecule has 1 aromatic carbocycles. The summed E-state index contributed by atoms with van der Waals surface area (Å²) >= 11 is 0. The first kappa shape index (κ1) is 12.0. The molecule has 0 bridgehead atoms. The van der Waals surface area contributed by atoms with Gasteiger partial charge >= 0.3 is 5.97 Å². The summed E-state index contributed by atoms with van der Waals surface area (Å²) in [5.74, 6) is -1.04. The number of carboxylic acids is 1. The molecule has 0 aliphatic carbocycles. The van der Waals surface area contributed by atoms with E-state index in [-0.39, 0.29) is 18.1 Å². The summed E-state index contributed by atoms with van der Waals surface area (Å²) in [4.78, 5) is 14.7. The van der Waals surface area contributed by atoms with E-state index in [1.807, 2.05) is 0 Å². The normalized spacial score (nSPS) is 10.3. The van der Waals surface area contributed by atoms with Gasteiger partial charge in [0.1, 0.15) is 11.6 Å². The summed E-state index contributed by atoms with van der Waals surface area (Å²) in [5.41, 5.74) is 7.45. The lowest BCUT2D eigenvalue weighted by molar-refractivity contribution is -0.136. The van der Waals surface area contributed by atoms with Gasteiger partial charge in [0, 0.05) is 11.8 Å². The van der Waals surface area contributed by atoms with Crippen molar-refractivity contribution in [1.29, 1.82) is 0 Å². The van der Waals surface area contributed by atoms with Crippen molar-refractivity contribution in [3.05, 3.63) is 47.9 Å². The van der Waals surface area contributed by atoms with Gasteiger partial charge in [0.2, 0.25) is 0 Å². The molecule has 0 fully saturated rings. The molecule has 2 aromatic rings. The lowest BCUT2D eigenvalue weighted by atomic mass is 10.00. The third-order valence-corrected chi connectivity index (χ3v) is 2.51. The molecule has 18 heavy (non-hydrogen) atoms. The van der Waals surface area contributed by atoms with E-state index in [0.29, 0.717) is 16.7 Å². The van der Waals surface area contributed by atoms with Crippen LogP contribution in [0.4, 0.5) is 10.2 Å². The molecule has 0 spiro atoms. The molecule has 1 heterocycles. The SMILES string of the molecule is Nc1cc(CC(=O)O)c(-c2ccc(F)cc2)cn1. The summed E-state index contributed by atoms with van der Waals surface area (Å²) in [6, 6.07) is 7.31. The number of halogens is 1. The van der Waals surface area contributed by atoms with Crippen molar-refractivity contribution in [3.8, 4) is 11.1 Å². The van der Waals surface area contributed by atoms with Gasteiger partial charge in [-0.1, -0.05) is 12.1 Å². The number of nitrogen functional groups attached to an aromatic ring is 1. The van der Waals surface area contributed by atoms with Gasteiger partial charge in [0.05, 0.1) is 6.42 Å². The Labute approximate surface area is 103 Å². The number of carboxylic acid groups (broad SMARTS) is 1. The number of aliphatic carboxylic acids is 1. The number of anilines is 1. The van der Waals surface area contributed by atoms with Crippen LogP contribution in [0.3, 0.4) is 0 Å². The van der Waals surface area contributed by atoms with Crippen molar-refractivity contribution in [1.82, 2.24) is 4.98 Å². The van der Waals surface area contributed by atoms with Crippen LogP contribution < -0.4 is 5.73 Å². The van der Waals surface area contributed by atoms with Crippen molar-refractivity contribution in [3.63, 3.8) is 0 Å². The highest BCUT2D eigenvalue weighted by Crippen LogP contribution is 2.25. The van der Waals surface area contributed by atoms with E-state index < -0.39 is 5.97 Å². The van der Waals surface area contributed by atoms with Gasteiger partial charge < -0.3 is 10.8 Å².